The number of aliphatic hydroxyl groups is 1. The Morgan fingerprint density at radius 1 is 1.34 bits per heavy atom. The maximum Gasteiger partial charge on any atom is 0.338 e. The van der Waals surface area contributed by atoms with Crippen LogP contribution in [0.15, 0.2) is 41.9 Å². The third kappa shape index (κ3) is 4.97. The molecule has 1 saturated carbocycles. The molecule has 1 aromatic carbocycles. The van der Waals surface area contributed by atoms with E-state index in [2.05, 4.69) is 21.1 Å². The second-order valence-corrected chi connectivity index (χ2v) is 11.2. The summed E-state index contributed by atoms with van der Waals surface area (Å²) >= 11 is 5.97. The lowest BCUT2D eigenvalue weighted by atomic mass is 9.76. The van der Waals surface area contributed by atoms with Gasteiger partial charge in [-0.2, -0.15) is 10.2 Å². The minimum Gasteiger partial charge on any atom is -0.512 e. The van der Waals surface area contributed by atoms with Gasteiger partial charge >= 0.3 is 5.97 Å². The molecule has 38 heavy (non-hydrogen) atoms. The predicted molar refractivity (Wildman–Crippen MR) is 138 cm³/mol. The van der Waals surface area contributed by atoms with Crippen molar-refractivity contribution in [1.29, 1.82) is 5.26 Å². The topological polar surface area (TPSA) is 113 Å². The van der Waals surface area contributed by atoms with Gasteiger partial charge in [0.05, 0.1) is 34.5 Å². The second-order valence-electron chi connectivity index (χ2n) is 10.8. The van der Waals surface area contributed by atoms with E-state index in [0.717, 1.165) is 31.2 Å². The van der Waals surface area contributed by atoms with E-state index in [1.54, 1.807) is 26.1 Å². The second kappa shape index (κ2) is 9.99. The summed E-state index contributed by atoms with van der Waals surface area (Å²) in [6.45, 7) is 3.36. The Morgan fingerprint density at radius 3 is 2.79 bits per heavy atom. The molecule has 0 bridgehead atoms. The zero-order valence-corrected chi connectivity index (χ0v) is 22.1. The summed E-state index contributed by atoms with van der Waals surface area (Å²) in [4.78, 5) is 21.7. The van der Waals surface area contributed by atoms with E-state index in [-0.39, 0.29) is 30.1 Å². The average molecular weight is 538 g/mol. The monoisotopic (exact) mass is 537 g/mol. The molecular weight excluding hydrogens is 509 g/mol. The van der Waals surface area contributed by atoms with Crippen LogP contribution >= 0.6 is 11.6 Å². The number of nitriles is 1. The number of hydrogen-bond donors (Lipinski definition) is 1. The number of benzene rings is 1. The first-order valence-electron chi connectivity index (χ1n) is 12.8. The summed E-state index contributed by atoms with van der Waals surface area (Å²) in [5, 5.41) is 25.2. The number of carbonyl (C=O) groups is 1. The van der Waals surface area contributed by atoms with Crippen LogP contribution in [0.3, 0.4) is 0 Å². The molecule has 1 unspecified atom stereocenters. The number of hydrogen-bond acceptors (Lipinski definition) is 7. The SMILES string of the molecule is CC(C)(C#N)c1ccc(CCC2(C3CCCC3)CC(O)=C(Cc3nc4ncc(Cl)cn4n3)C(=O)O2)cc1F. The van der Waals surface area contributed by atoms with Crippen LogP contribution < -0.4 is 0 Å². The van der Waals surface area contributed by atoms with Crippen LogP contribution in [0.2, 0.25) is 5.02 Å². The Bertz CT molecular complexity index is 1470. The maximum absolute atomic E-state index is 14.9. The number of aryl methyl sites for hydroxylation is 1. The highest BCUT2D eigenvalue weighted by Gasteiger charge is 2.48. The van der Waals surface area contributed by atoms with Gasteiger partial charge in [0.2, 0.25) is 0 Å². The molecule has 5 rings (SSSR count). The van der Waals surface area contributed by atoms with E-state index in [0.29, 0.717) is 35.0 Å². The molecule has 8 nitrogen and oxygen atoms in total. The van der Waals surface area contributed by atoms with Crippen molar-refractivity contribution in [2.45, 2.75) is 76.2 Å². The molecule has 1 N–H and O–H groups in total. The number of cyclic esters (lactones) is 1. The Labute approximate surface area is 225 Å². The van der Waals surface area contributed by atoms with Crippen LogP contribution in [0.1, 0.15) is 69.3 Å². The van der Waals surface area contributed by atoms with Gasteiger partial charge in [-0.05, 0) is 57.1 Å². The van der Waals surface area contributed by atoms with E-state index < -0.39 is 22.8 Å². The lowest BCUT2D eigenvalue weighted by Crippen LogP contribution is -2.46. The molecule has 198 valence electrons. The van der Waals surface area contributed by atoms with Crippen molar-refractivity contribution in [2.24, 2.45) is 5.92 Å². The zero-order valence-electron chi connectivity index (χ0n) is 21.4. The summed E-state index contributed by atoms with van der Waals surface area (Å²) < 4.78 is 22.5. The molecule has 1 aliphatic carbocycles. The molecule has 1 atom stereocenters. The lowest BCUT2D eigenvalue weighted by Gasteiger charge is -2.41. The fourth-order valence-electron chi connectivity index (χ4n) is 5.66. The quantitative estimate of drug-likeness (QED) is 0.391. The van der Waals surface area contributed by atoms with E-state index in [4.69, 9.17) is 16.3 Å². The largest absolute Gasteiger partial charge is 0.512 e. The minimum atomic E-state index is -0.933. The van der Waals surface area contributed by atoms with Crippen molar-refractivity contribution in [2.75, 3.05) is 0 Å². The Kier molecular flexibility index (Phi) is 6.86. The Balaban J connectivity index is 1.38. The van der Waals surface area contributed by atoms with Gasteiger partial charge in [0.25, 0.3) is 5.78 Å². The first kappa shape index (κ1) is 26.1. The molecule has 3 heterocycles. The van der Waals surface area contributed by atoms with Crippen LogP contribution in [-0.4, -0.2) is 36.3 Å². The number of aliphatic hydroxyl groups excluding tert-OH is 1. The number of nitrogens with zero attached hydrogens (tertiary/aromatic N) is 5. The van der Waals surface area contributed by atoms with Crippen LogP contribution in [0, 0.1) is 23.1 Å². The number of rotatable bonds is 7. The van der Waals surface area contributed by atoms with Crippen LogP contribution in [0.5, 0.6) is 0 Å². The van der Waals surface area contributed by atoms with E-state index in [9.17, 15) is 19.6 Å². The van der Waals surface area contributed by atoms with Gasteiger partial charge in [-0.25, -0.2) is 18.7 Å². The predicted octanol–water partition coefficient (Wildman–Crippen LogP) is 5.58. The fraction of sp³-hybridized carbons (Fsp3) is 0.464. The van der Waals surface area contributed by atoms with Crippen molar-refractivity contribution in [3.8, 4) is 6.07 Å². The molecule has 1 aliphatic heterocycles. The van der Waals surface area contributed by atoms with Gasteiger partial charge in [0, 0.05) is 18.4 Å². The van der Waals surface area contributed by atoms with E-state index in [1.807, 2.05) is 6.07 Å². The van der Waals surface area contributed by atoms with Crippen molar-refractivity contribution in [3.63, 3.8) is 0 Å². The molecular formula is C28H29ClFN5O3. The summed E-state index contributed by atoms with van der Waals surface area (Å²) in [7, 11) is 0. The fourth-order valence-corrected chi connectivity index (χ4v) is 5.80. The van der Waals surface area contributed by atoms with Crippen LogP contribution in [0.25, 0.3) is 5.78 Å². The van der Waals surface area contributed by atoms with E-state index in [1.165, 1.54) is 16.8 Å². The molecule has 1 fully saturated rings. The van der Waals surface area contributed by atoms with Crippen molar-refractivity contribution in [1.82, 2.24) is 19.6 Å². The molecule has 2 aromatic heterocycles. The zero-order chi connectivity index (χ0) is 27.1. The smallest absolute Gasteiger partial charge is 0.338 e. The van der Waals surface area contributed by atoms with Crippen molar-refractivity contribution < 1.29 is 19.0 Å². The normalized spacial score (nSPS) is 20.7. The molecule has 0 spiro atoms. The Morgan fingerprint density at radius 2 is 2.11 bits per heavy atom. The highest BCUT2D eigenvalue weighted by atomic mass is 35.5. The number of fused-ring (bicyclic) bond motifs is 1. The Hall–Kier alpha value is -3.51. The van der Waals surface area contributed by atoms with Gasteiger partial charge in [-0.1, -0.05) is 36.6 Å². The molecule has 0 radical (unpaired) electrons. The van der Waals surface area contributed by atoms with Crippen LogP contribution in [-0.2, 0) is 27.8 Å². The number of aromatic nitrogens is 4. The molecule has 0 amide bonds. The van der Waals surface area contributed by atoms with Crippen molar-refractivity contribution >= 4 is 23.3 Å². The summed E-state index contributed by atoms with van der Waals surface area (Å²) in [5.41, 5.74) is -0.569. The molecule has 0 saturated heterocycles. The highest BCUT2D eigenvalue weighted by Crippen LogP contribution is 2.46. The lowest BCUT2D eigenvalue weighted by molar-refractivity contribution is -0.167. The van der Waals surface area contributed by atoms with Gasteiger partial charge in [0.1, 0.15) is 17.2 Å². The molecule has 10 heteroatoms. The van der Waals surface area contributed by atoms with E-state index >= 15 is 0 Å². The standard InChI is InChI=1S/C28H29ClFN5O3/c1-27(2,16-31)21-8-7-17(11-22(21)30)9-10-28(18-5-3-4-6-18)13-23(36)20(25(37)38-28)12-24-33-26-32-14-19(29)15-35(26)34-24/h7-8,11,14-15,18,36H,3-6,9-10,12-13H2,1-2H3. The van der Waals surface area contributed by atoms with Gasteiger partial charge in [-0.15, -0.1) is 5.10 Å². The third-order valence-corrected chi connectivity index (χ3v) is 8.02. The summed E-state index contributed by atoms with van der Waals surface area (Å²) in [5.74, 6) is -0.257. The number of halogens is 2. The number of esters is 1. The van der Waals surface area contributed by atoms with Gasteiger partial charge in [-0.3, -0.25) is 0 Å². The minimum absolute atomic E-state index is 0.00768. The van der Waals surface area contributed by atoms with Gasteiger partial charge in [0.15, 0.2) is 5.82 Å². The average Bonchev–Trinajstić information content (AvgIpc) is 3.55. The molecule has 3 aromatic rings. The first-order chi connectivity index (χ1) is 18.1. The first-order valence-corrected chi connectivity index (χ1v) is 13.2. The summed E-state index contributed by atoms with van der Waals surface area (Å²) in [6.07, 6.45) is 8.03. The number of carbonyl (C=O) groups excluding carboxylic acids is 1. The van der Waals surface area contributed by atoms with Crippen LogP contribution in [0.4, 0.5) is 4.39 Å². The molecule has 2 aliphatic rings. The van der Waals surface area contributed by atoms with Gasteiger partial charge < -0.3 is 9.84 Å². The summed E-state index contributed by atoms with van der Waals surface area (Å²) in [6, 6.07) is 7.07. The maximum atomic E-state index is 14.9. The van der Waals surface area contributed by atoms with Crippen molar-refractivity contribution in [3.05, 3.63) is 69.7 Å². The third-order valence-electron chi connectivity index (χ3n) is 7.82. The highest BCUT2D eigenvalue weighted by molar-refractivity contribution is 6.30. The number of ether oxygens (including phenoxy) is 1.